The van der Waals surface area contributed by atoms with Gasteiger partial charge in [-0.15, -0.1) is 0 Å². The molecule has 0 amide bonds. The number of rotatable bonds is 8. The maximum absolute atomic E-state index is 11.5. The standard InChI is InChI=1S/C24H21BrN2O4/c1-30-24-12-17(8-11-23(24)31-15-16-6-9-18(25)10-7-16)21(14-27(28)29)20-13-26-22-5-3-2-4-19(20)22/h2-13,21,26H,14-15H2,1H3/t21-/m1/s1. The molecule has 0 spiro atoms. The third-order valence-corrected chi connectivity index (χ3v) is 5.75. The summed E-state index contributed by atoms with van der Waals surface area (Å²) in [7, 11) is 1.57. The lowest BCUT2D eigenvalue weighted by Crippen LogP contribution is -2.14. The van der Waals surface area contributed by atoms with Gasteiger partial charge >= 0.3 is 0 Å². The second-order valence-electron chi connectivity index (χ2n) is 7.18. The largest absolute Gasteiger partial charge is 0.493 e. The Morgan fingerprint density at radius 2 is 1.84 bits per heavy atom. The zero-order valence-electron chi connectivity index (χ0n) is 16.9. The molecule has 6 nitrogen and oxygen atoms in total. The van der Waals surface area contributed by atoms with Crippen LogP contribution in [0.4, 0.5) is 0 Å². The molecule has 0 aliphatic rings. The molecule has 0 saturated carbocycles. The van der Waals surface area contributed by atoms with Crippen LogP contribution in [0.5, 0.6) is 11.5 Å². The molecule has 0 fully saturated rings. The molecule has 1 atom stereocenters. The molecule has 4 rings (SSSR count). The number of nitrogens with zero attached hydrogens (tertiary/aromatic N) is 1. The minimum absolute atomic E-state index is 0.218. The monoisotopic (exact) mass is 480 g/mol. The van der Waals surface area contributed by atoms with Gasteiger partial charge in [0, 0.05) is 26.5 Å². The van der Waals surface area contributed by atoms with Crippen molar-refractivity contribution >= 4 is 26.8 Å². The fourth-order valence-electron chi connectivity index (χ4n) is 3.68. The van der Waals surface area contributed by atoms with Crippen LogP contribution in [0, 0.1) is 10.1 Å². The number of fused-ring (bicyclic) bond motifs is 1. The van der Waals surface area contributed by atoms with E-state index in [0.717, 1.165) is 32.1 Å². The van der Waals surface area contributed by atoms with Crippen molar-refractivity contribution < 1.29 is 14.4 Å². The summed E-state index contributed by atoms with van der Waals surface area (Å²) in [5.41, 5.74) is 3.67. The predicted octanol–water partition coefficient (Wildman–Crippen LogP) is 5.93. The highest BCUT2D eigenvalue weighted by atomic mass is 79.9. The molecule has 1 N–H and O–H groups in total. The van der Waals surface area contributed by atoms with Crippen molar-refractivity contribution in [2.45, 2.75) is 12.5 Å². The van der Waals surface area contributed by atoms with Crippen LogP contribution in [0.25, 0.3) is 10.9 Å². The molecular weight excluding hydrogens is 460 g/mol. The lowest BCUT2D eigenvalue weighted by atomic mass is 9.90. The van der Waals surface area contributed by atoms with Gasteiger partial charge in [-0.05, 0) is 47.0 Å². The fourth-order valence-corrected chi connectivity index (χ4v) is 3.94. The maximum atomic E-state index is 11.5. The van der Waals surface area contributed by atoms with E-state index in [2.05, 4.69) is 20.9 Å². The van der Waals surface area contributed by atoms with E-state index in [0.29, 0.717) is 18.1 Å². The molecule has 1 heterocycles. The number of hydrogen-bond acceptors (Lipinski definition) is 4. The highest BCUT2D eigenvalue weighted by Gasteiger charge is 2.24. The zero-order valence-corrected chi connectivity index (χ0v) is 18.5. The third-order valence-electron chi connectivity index (χ3n) is 5.23. The van der Waals surface area contributed by atoms with Gasteiger partial charge < -0.3 is 14.5 Å². The number of aromatic nitrogens is 1. The average molecular weight is 481 g/mol. The number of nitrogens with one attached hydrogen (secondary N) is 1. The number of H-pyrrole nitrogens is 1. The van der Waals surface area contributed by atoms with Crippen molar-refractivity contribution in [1.82, 2.24) is 4.98 Å². The van der Waals surface area contributed by atoms with Crippen LogP contribution in [0.15, 0.2) is 77.4 Å². The van der Waals surface area contributed by atoms with E-state index in [-0.39, 0.29) is 11.5 Å². The Morgan fingerprint density at radius 3 is 2.58 bits per heavy atom. The molecule has 0 unspecified atom stereocenters. The van der Waals surface area contributed by atoms with Crippen molar-refractivity contribution in [3.05, 3.63) is 104 Å². The second-order valence-corrected chi connectivity index (χ2v) is 8.10. The van der Waals surface area contributed by atoms with E-state index < -0.39 is 5.92 Å². The second kappa shape index (κ2) is 9.22. The number of aromatic amines is 1. The third kappa shape index (κ3) is 4.72. The van der Waals surface area contributed by atoms with E-state index in [9.17, 15) is 10.1 Å². The average Bonchev–Trinajstić information content (AvgIpc) is 3.21. The Morgan fingerprint density at radius 1 is 1.06 bits per heavy atom. The van der Waals surface area contributed by atoms with Crippen LogP contribution in [0.2, 0.25) is 0 Å². The van der Waals surface area contributed by atoms with Gasteiger partial charge in [-0.25, -0.2) is 0 Å². The Hall–Kier alpha value is -3.32. The maximum Gasteiger partial charge on any atom is 0.214 e. The predicted molar refractivity (Wildman–Crippen MR) is 123 cm³/mol. The van der Waals surface area contributed by atoms with Gasteiger partial charge in [-0.2, -0.15) is 0 Å². The zero-order chi connectivity index (χ0) is 21.8. The molecule has 158 valence electrons. The molecular formula is C24H21BrN2O4. The number of benzene rings is 3. The first kappa shape index (κ1) is 20.9. The number of ether oxygens (including phenoxy) is 2. The summed E-state index contributed by atoms with van der Waals surface area (Å²) in [5.74, 6) is 0.719. The molecule has 0 bridgehead atoms. The normalized spacial score (nSPS) is 11.9. The highest BCUT2D eigenvalue weighted by molar-refractivity contribution is 9.10. The lowest BCUT2D eigenvalue weighted by Gasteiger charge is -2.17. The van der Waals surface area contributed by atoms with Gasteiger partial charge in [0.05, 0.1) is 13.0 Å². The van der Waals surface area contributed by atoms with Gasteiger partial charge in [0.25, 0.3) is 0 Å². The topological polar surface area (TPSA) is 77.4 Å². The minimum atomic E-state index is -0.416. The van der Waals surface area contributed by atoms with Crippen LogP contribution in [-0.2, 0) is 6.61 Å². The molecule has 4 aromatic rings. The Kier molecular flexibility index (Phi) is 6.23. The van der Waals surface area contributed by atoms with Gasteiger partial charge in [-0.1, -0.05) is 52.3 Å². The number of methoxy groups -OCH3 is 1. The number of halogens is 1. The smallest absolute Gasteiger partial charge is 0.214 e. The minimum Gasteiger partial charge on any atom is -0.493 e. The number of nitro groups is 1. The van der Waals surface area contributed by atoms with Crippen LogP contribution in [0.3, 0.4) is 0 Å². The van der Waals surface area contributed by atoms with E-state index >= 15 is 0 Å². The molecule has 0 aliphatic carbocycles. The summed E-state index contributed by atoms with van der Waals surface area (Å²) in [6.45, 7) is 0.174. The summed E-state index contributed by atoms with van der Waals surface area (Å²) >= 11 is 3.42. The summed E-state index contributed by atoms with van der Waals surface area (Å²) in [6, 6.07) is 21.2. The molecule has 1 aromatic heterocycles. The first-order chi connectivity index (χ1) is 15.0. The van der Waals surface area contributed by atoms with Crippen molar-refractivity contribution in [1.29, 1.82) is 0 Å². The van der Waals surface area contributed by atoms with E-state index in [1.54, 1.807) is 7.11 Å². The number of para-hydroxylation sites is 1. The Balaban J connectivity index is 1.64. The fraction of sp³-hybridized carbons (Fsp3) is 0.167. The quantitative estimate of drug-likeness (QED) is 0.250. The summed E-state index contributed by atoms with van der Waals surface area (Å²) in [5, 5.41) is 12.4. The summed E-state index contributed by atoms with van der Waals surface area (Å²) in [4.78, 5) is 14.4. The molecule has 0 aliphatic heterocycles. The van der Waals surface area contributed by atoms with Crippen LogP contribution in [0.1, 0.15) is 22.6 Å². The molecule has 7 heteroatoms. The molecule has 0 saturated heterocycles. The van der Waals surface area contributed by atoms with Gasteiger partial charge in [0.15, 0.2) is 11.5 Å². The van der Waals surface area contributed by atoms with Crippen molar-refractivity contribution in [2.75, 3.05) is 13.7 Å². The van der Waals surface area contributed by atoms with Crippen molar-refractivity contribution in [2.24, 2.45) is 0 Å². The first-order valence-electron chi connectivity index (χ1n) is 9.78. The summed E-state index contributed by atoms with van der Waals surface area (Å²) in [6.07, 6.45) is 1.85. The van der Waals surface area contributed by atoms with E-state index in [1.165, 1.54) is 0 Å². The Bertz CT molecular complexity index is 1200. The first-order valence-corrected chi connectivity index (χ1v) is 10.6. The Labute approximate surface area is 188 Å². The van der Waals surface area contributed by atoms with E-state index in [1.807, 2.05) is 72.9 Å². The molecule has 31 heavy (non-hydrogen) atoms. The van der Waals surface area contributed by atoms with Crippen molar-refractivity contribution in [3.63, 3.8) is 0 Å². The van der Waals surface area contributed by atoms with Crippen LogP contribution >= 0.6 is 15.9 Å². The molecule has 3 aromatic carbocycles. The lowest BCUT2D eigenvalue weighted by molar-refractivity contribution is -0.481. The van der Waals surface area contributed by atoms with Crippen LogP contribution < -0.4 is 9.47 Å². The summed E-state index contributed by atoms with van der Waals surface area (Å²) < 4.78 is 12.5. The molecule has 0 radical (unpaired) electrons. The number of hydrogen-bond donors (Lipinski definition) is 1. The highest BCUT2D eigenvalue weighted by Crippen LogP contribution is 2.36. The van der Waals surface area contributed by atoms with Crippen molar-refractivity contribution in [3.8, 4) is 11.5 Å². The van der Waals surface area contributed by atoms with E-state index in [4.69, 9.17) is 9.47 Å². The SMILES string of the molecule is COc1cc([C@@H](C[N+](=O)[O-])c2c[nH]c3ccccc23)ccc1OCc1ccc(Br)cc1. The van der Waals surface area contributed by atoms with Gasteiger partial charge in [0.1, 0.15) is 6.61 Å². The van der Waals surface area contributed by atoms with Gasteiger partial charge in [0.2, 0.25) is 6.54 Å². The van der Waals surface area contributed by atoms with Gasteiger partial charge in [-0.3, -0.25) is 10.1 Å². The van der Waals surface area contributed by atoms with Crippen LogP contribution in [-0.4, -0.2) is 23.6 Å².